The van der Waals surface area contributed by atoms with Crippen LogP contribution in [0.3, 0.4) is 0 Å². The Balaban J connectivity index is 2.10. The largest absolute Gasteiger partial charge is 0.265 e. The Morgan fingerprint density at radius 3 is 2.17 bits per heavy atom. The van der Waals surface area contributed by atoms with Gasteiger partial charge < -0.3 is 0 Å². The van der Waals surface area contributed by atoms with Crippen molar-refractivity contribution in [3.8, 4) is 6.07 Å². The van der Waals surface area contributed by atoms with Crippen molar-refractivity contribution in [2.45, 2.75) is 18.4 Å². The summed E-state index contributed by atoms with van der Waals surface area (Å²) in [7, 11) is -3.81. The van der Waals surface area contributed by atoms with Gasteiger partial charge >= 0.3 is 0 Å². The van der Waals surface area contributed by atoms with E-state index in [1.54, 1.807) is 48.5 Å². The van der Waals surface area contributed by atoms with Crippen LogP contribution in [-0.2, 0) is 16.6 Å². The molecule has 0 atom stereocenters. The highest BCUT2D eigenvalue weighted by Gasteiger charge is 2.27. The average Bonchev–Trinajstić information content (AvgIpc) is 2.77. The molecule has 0 saturated heterocycles. The van der Waals surface area contributed by atoms with Gasteiger partial charge in [-0.15, -0.1) is 0 Å². The molecular weight excluding hydrogens is 575 g/mol. The molecule has 0 saturated carbocycles. The van der Waals surface area contributed by atoms with Gasteiger partial charge in [-0.3, -0.25) is 4.31 Å². The summed E-state index contributed by atoms with van der Waals surface area (Å²) in [6.07, 6.45) is 0. The SMILES string of the molecule is Cc1ccc(S(=O)(=O)N(Cc2ccccc2)/C(Br)=C(\I)c2ccc(C#N)cc2)cc1. The van der Waals surface area contributed by atoms with E-state index in [1.165, 1.54) is 4.31 Å². The fourth-order valence-corrected chi connectivity index (χ4v) is 5.86. The lowest BCUT2D eigenvalue weighted by atomic mass is 10.1. The zero-order valence-corrected chi connectivity index (χ0v) is 20.6. The van der Waals surface area contributed by atoms with E-state index < -0.39 is 10.0 Å². The van der Waals surface area contributed by atoms with E-state index in [-0.39, 0.29) is 11.4 Å². The second-order valence-corrected chi connectivity index (χ2v) is 10.3. The maximum atomic E-state index is 13.5. The van der Waals surface area contributed by atoms with Gasteiger partial charge in [-0.05, 0) is 80.8 Å². The minimum atomic E-state index is -3.81. The number of aryl methyl sites for hydroxylation is 1. The van der Waals surface area contributed by atoms with Crippen molar-refractivity contribution in [2.24, 2.45) is 0 Å². The highest BCUT2D eigenvalue weighted by molar-refractivity contribution is 14.1. The predicted molar refractivity (Wildman–Crippen MR) is 131 cm³/mol. The van der Waals surface area contributed by atoms with Gasteiger partial charge in [0.1, 0.15) is 4.61 Å². The number of hydrogen-bond acceptors (Lipinski definition) is 3. The van der Waals surface area contributed by atoms with Crippen LogP contribution in [0.1, 0.15) is 22.3 Å². The summed E-state index contributed by atoms with van der Waals surface area (Å²) in [4.78, 5) is 0.227. The normalized spacial score (nSPS) is 12.1. The molecule has 0 aliphatic carbocycles. The standard InChI is InChI=1S/C23H18BrIN2O2S/c1-17-7-13-21(14-8-17)30(28,29)27(16-19-5-3-2-4-6-19)23(24)22(25)20-11-9-18(15-26)10-12-20/h2-14H,16H2,1H3/b23-22-. The molecule has 0 aliphatic heterocycles. The fourth-order valence-electron chi connectivity index (χ4n) is 2.77. The van der Waals surface area contributed by atoms with E-state index in [2.05, 4.69) is 44.6 Å². The Hall–Kier alpha value is -2.15. The Morgan fingerprint density at radius 1 is 1.00 bits per heavy atom. The summed E-state index contributed by atoms with van der Waals surface area (Å²) in [6.45, 7) is 2.10. The van der Waals surface area contributed by atoms with Gasteiger partial charge in [-0.25, -0.2) is 8.42 Å². The maximum absolute atomic E-state index is 13.5. The first-order valence-electron chi connectivity index (χ1n) is 9.02. The number of halogens is 2. The molecule has 7 heteroatoms. The minimum absolute atomic E-state index is 0.181. The molecule has 0 fully saturated rings. The molecule has 30 heavy (non-hydrogen) atoms. The molecule has 0 unspecified atom stereocenters. The fraction of sp³-hybridized carbons (Fsp3) is 0.0870. The van der Waals surface area contributed by atoms with Crippen molar-refractivity contribution in [1.29, 1.82) is 5.26 Å². The number of benzene rings is 3. The van der Waals surface area contributed by atoms with Crippen LogP contribution in [0.4, 0.5) is 0 Å². The van der Waals surface area contributed by atoms with Gasteiger partial charge in [0.05, 0.1) is 26.7 Å². The Labute approximate surface area is 199 Å². The summed E-state index contributed by atoms with van der Waals surface area (Å²) >= 11 is 5.66. The molecule has 4 nitrogen and oxygen atoms in total. The van der Waals surface area contributed by atoms with E-state index in [4.69, 9.17) is 5.26 Å². The first kappa shape index (κ1) is 22.5. The number of nitrogens with zero attached hydrogens (tertiary/aromatic N) is 2. The first-order chi connectivity index (χ1) is 14.3. The molecule has 0 amide bonds. The van der Waals surface area contributed by atoms with Crippen LogP contribution < -0.4 is 0 Å². The number of sulfonamides is 1. The van der Waals surface area contributed by atoms with Crippen molar-refractivity contribution in [1.82, 2.24) is 4.31 Å². The van der Waals surface area contributed by atoms with E-state index in [9.17, 15) is 8.42 Å². The van der Waals surface area contributed by atoms with Crippen molar-refractivity contribution in [3.05, 3.63) is 106 Å². The third-order valence-corrected chi connectivity index (χ3v) is 9.14. The van der Waals surface area contributed by atoms with E-state index in [0.717, 1.165) is 20.3 Å². The molecule has 152 valence electrons. The van der Waals surface area contributed by atoms with Gasteiger partial charge in [0.15, 0.2) is 0 Å². The smallest absolute Gasteiger partial charge is 0.254 e. The molecule has 0 aromatic heterocycles. The molecule has 3 aromatic carbocycles. The molecular formula is C23H18BrIN2O2S. The van der Waals surface area contributed by atoms with Crippen LogP contribution in [0.15, 0.2) is 88.4 Å². The van der Waals surface area contributed by atoms with Crippen LogP contribution in [0.5, 0.6) is 0 Å². The minimum Gasteiger partial charge on any atom is -0.254 e. The van der Waals surface area contributed by atoms with E-state index in [1.807, 2.05) is 37.3 Å². The highest BCUT2D eigenvalue weighted by Crippen LogP contribution is 2.35. The van der Waals surface area contributed by atoms with Crippen molar-refractivity contribution >= 4 is 52.1 Å². The Morgan fingerprint density at radius 2 is 1.60 bits per heavy atom. The molecule has 0 aliphatic rings. The quantitative estimate of drug-likeness (QED) is 0.252. The third kappa shape index (κ3) is 5.12. The third-order valence-electron chi connectivity index (χ3n) is 4.45. The molecule has 0 N–H and O–H groups in total. The summed E-state index contributed by atoms with van der Waals surface area (Å²) in [6, 6.07) is 25.4. The predicted octanol–water partition coefficient (Wildman–Crippen LogP) is 6.21. The van der Waals surface area contributed by atoms with Crippen molar-refractivity contribution < 1.29 is 8.42 Å². The van der Waals surface area contributed by atoms with Crippen LogP contribution in [0, 0.1) is 18.3 Å². The second-order valence-electron chi connectivity index (χ2n) is 6.60. The van der Waals surface area contributed by atoms with Gasteiger partial charge in [0, 0.05) is 0 Å². The average molecular weight is 593 g/mol. The van der Waals surface area contributed by atoms with E-state index in [0.29, 0.717) is 10.2 Å². The summed E-state index contributed by atoms with van der Waals surface area (Å²) in [5, 5.41) is 9.02. The zero-order valence-electron chi connectivity index (χ0n) is 16.1. The lowest BCUT2D eigenvalue weighted by Gasteiger charge is -2.25. The molecule has 0 bridgehead atoms. The second kappa shape index (κ2) is 9.77. The van der Waals surface area contributed by atoms with Gasteiger partial charge in [-0.1, -0.05) is 60.2 Å². The molecule has 0 radical (unpaired) electrons. The van der Waals surface area contributed by atoms with Crippen LogP contribution in [0.2, 0.25) is 0 Å². The van der Waals surface area contributed by atoms with Crippen LogP contribution >= 0.6 is 38.5 Å². The first-order valence-corrected chi connectivity index (χ1v) is 12.3. The van der Waals surface area contributed by atoms with Gasteiger partial charge in [0.25, 0.3) is 10.0 Å². The van der Waals surface area contributed by atoms with Crippen molar-refractivity contribution in [2.75, 3.05) is 0 Å². The number of hydrogen-bond donors (Lipinski definition) is 0. The molecule has 3 rings (SSSR count). The summed E-state index contributed by atoms with van der Waals surface area (Å²) in [5.74, 6) is 0. The van der Waals surface area contributed by atoms with Gasteiger partial charge in [0.2, 0.25) is 0 Å². The number of nitriles is 1. The lowest BCUT2D eigenvalue weighted by Crippen LogP contribution is -2.28. The Bertz CT molecular complexity index is 1200. The monoisotopic (exact) mass is 592 g/mol. The molecule has 0 heterocycles. The van der Waals surface area contributed by atoms with E-state index >= 15 is 0 Å². The van der Waals surface area contributed by atoms with Gasteiger partial charge in [-0.2, -0.15) is 5.26 Å². The molecule has 0 spiro atoms. The van der Waals surface area contributed by atoms with Crippen molar-refractivity contribution in [3.63, 3.8) is 0 Å². The van der Waals surface area contributed by atoms with Crippen LogP contribution in [0.25, 0.3) is 3.58 Å². The topological polar surface area (TPSA) is 61.2 Å². The maximum Gasteiger partial charge on any atom is 0.265 e. The highest BCUT2D eigenvalue weighted by atomic mass is 127. The van der Waals surface area contributed by atoms with Crippen LogP contribution in [-0.4, -0.2) is 12.7 Å². The summed E-state index contributed by atoms with van der Waals surface area (Å²) < 4.78 is 29.6. The number of rotatable bonds is 6. The lowest BCUT2D eigenvalue weighted by molar-refractivity contribution is 0.492. The Kier molecular flexibility index (Phi) is 7.34. The summed E-state index contributed by atoms with van der Waals surface area (Å²) in [5.41, 5.74) is 3.23. The zero-order chi connectivity index (χ0) is 21.7. The molecule has 3 aromatic rings.